The summed E-state index contributed by atoms with van der Waals surface area (Å²) >= 11 is 0. The highest BCUT2D eigenvalue weighted by Gasteiger charge is 2.18. The van der Waals surface area contributed by atoms with Gasteiger partial charge in [-0.05, 0) is 31.2 Å². The van der Waals surface area contributed by atoms with Crippen molar-refractivity contribution in [2.45, 2.75) is 13.0 Å². The Morgan fingerprint density at radius 3 is 2.73 bits per heavy atom. The van der Waals surface area contributed by atoms with Crippen LogP contribution < -0.4 is 10.6 Å². The summed E-state index contributed by atoms with van der Waals surface area (Å²) in [5.74, 6) is -2.08. The molecule has 1 atom stereocenters. The van der Waals surface area contributed by atoms with E-state index in [0.717, 1.165) is 0 Å². The first-order valence-electron chi connectivity index (χ1n) is 6.55. The summed E-state index contributed by atoms with van der Waals surface area (Å²) in [6.45, 7) is 1.31. The molecule has 0 radical (unpaired) electrons. The molecular weight excluding hydrogens is 291 g/mol. The quantitative estimate of drug-likeness (QED) is 0.747. The summed E-state index contributed by atoms with van der Waals surface area (Å²) < 4.78 is 18.3. The molecule has 3 N–H and O–H groups in total. The van der Waals surface area contributed by atoms with Gasteiger partial charge in [0, 0.05) is 11.3 Å². The molecule has 0 saturated heterocycles. The predicted molar refractivity (Wildman–Crippen MR) is 76.4 cm³/mol. The molecule has 0 aliphatic rings. The van der Waals surface area contributed by atoms with Crippen LogP contribution in [0.5, 0.6) is 0 Å². The lowest BCUT2D eigenvalue weighted by atomic mass is 10.2. The topological polar surface area (TPSA) is 91.6 Å². The van der Waals surface area contributed by atoms with E-state index in [1.165, 1.54) is 31.4 Å². The fourth-order valence-electron chi connectivity index (χ4n) is 1.77. The molecule has 0 saturated carbocycles. The molecule has 7 heteroatoms. The number of anilines is 1. The largest absolute Gasteiger partial charge is 0.467 e. The number of hydrogen-bond acceptors (Lipinski definition) is 4. The van der Waals surface area contributed by atoms with Crippen molar-refractivity contribution >= 4 is 17.5 Å². The minimum atomic E-state index is -1.05. The van der Waals surface area contributed by atoms with E-state index in [2.05, 4.69) is 10.6 Å². The van der Waals surface area contributed by atoms with Gasteiger partial charge in [0.05, 0.1) is 12.8 Å². The smallest absolute Gasteiger partial charge is 0.313 e. The molecule has 0 bridgehead atoms. The fourth-order valence-corrected chi connectivity index (χ4v) is 1.77. The Kier molecular flexibility index (Phi) is 4.90. The molecule has 2 aromatic rings. The van der Waals surface area contributed by atoms with E-state index < -0.39 is 23.7 Å². The Morgan fingerprint density at radius 2 is 2.05 bits per heavy atom. The van der Waals surface area contributed by atoms with Gasteiger partial charge in [0.2, 0.25) is 0 Å². The van der Waals surface area contributed by atoms with Crippen LogP contribution in [0.4, 0.5) is 10.1 Å². The number of rotatable bonds is 4. The van der Waals surface area contributed by atoms with Crippen LogP contribution in [-0.2, 0) is 9.59 Å². The summed E-state index contributed by atoms with van der Waals surface area (Å²) in [6, 6.07) is 7.31. The molecule has 1 aromatic heterocycles. The number of benzene rings is 1. The summed E-state index contributed by atoms with van der Waals surface area (Å²) in [5, 5.41) is 14.3. The molecule has 116 valence electrons. The van der Waals surface area contributed by atoms with E-state index in [4.69, 9.17) is 4.42 Å². The Balaban J connectivity index is 1.90. The Labute approximate surface area is 125 Å². The first kappa shape index (κ1) is 15.7. The summed E-state index contributed by atoms with van der Waals surface area (Å²) in [7, 11) is 0. The standard InChI is InChI=1S/C15H15FN2O4/c1-9-10(16)4-2-5-11(9)18-15(21)14(20)17-8-12(19)13-6-3-7-22-13/h2-7,12,19H,8H2,1H3,(H,17,20)(H,18,21). The predicted octanol–water partition coefficient (Wildman–Crippen LogP) is 1.52. The van der Waals surface area contributed by atoms with Gasteiger partial charge in [0.1, 0.15) is 17.7 Å². The zero-order chi connectivity index (χ0) is 16.1. The van der Waals surface area contributed by atoms with Gasteiger partial charge in [0.25, 0.3) is 0 Å². The number of amides is 2. The van der Waals surface area contributed by atoms with Gasteiger partial charge in [-0.25, -0.2) is 4.39 Å². The molecule has 0 spiro atoms. The van der Waals surface area contributed by atoms with E-state index in [9.17, 15) is 19.1 Å². The summed E-state index contributed by atoms with van der Waals surface area (Å²) in [5.41, 5.74) is 0.450. The van der Waals surface area contributed by atoms with Crippen LogP contribution in [0, 0.1) is 12.7 Å². The van der Waals surface area contributed by atoms with Crippen LogP contribution >= 0.6 is 0 Å². The second-order valence-electron chi connectivity index (χ2n) is 4.61. The first-order valence-corrected chi connectivity index (χ1v) is 6.55. The van der Waals surface area contributed by atoms with Crippen molar-refractivity contribution in [3.8, 4) is 0 Å². The maximum atomic E-state index is 13.3. The number of hydrogen-bond donors (Lipinski definition) is 3. The lowest BCUT2D eigenvalue weighted by Crippen LogP contribution is -2.37. The van der Waals surface area contributed by atoms with Crippen molar-refractivity contribution in [1.29, 1.82) is 0 Å². The van der Waals surface area contributed by atoms with E-state index in [-0.39, 0.29) is 23.6 Å². The normalized spacial score (nSPS) is 11.8. The number of carbonyl (C=O) groups is 2. The van der Waals surface area contributed by atoms with Crippen molar-refractivity contribution in [1.82, 2.24) is 5.32 Å². The first-order chi connectivity index (χ1) is 10.5. The average molecular weight is 306 g/mol. The molecule has 2 amide bonds. The minimum absolute atomic E-state index is 0.179. The van der Waals surface area contributed by atoms with E-state index in [0.29, 0.717) is 0 Å². The Morgan fingerprint density at radius 1 is 1.27 bits per heavy atom. The van der Waals surface area contributed by atoms with Gasteiger partial charge in [-0.2, -0.15) is 0 Å². The maximum Gasteiger partial charge on any atom is 0.313 e. The molecule has 0 aliphatic heterocycles. The molecule has 6 nitrogen and oxygen atoms in total. The lowest BCUT2D eigenvalue weighted by molar-refractivity contribution is -0.136. The van der Waals surface area contributed by atoms with Gasteiger partial charge in [0.15, 0.2) is 0 Å². The highest BCUT2D eigenvalue weighted by molar-refractivity contribution is 6.39. The zero-order valence-electron chi connectivity index (χ0n) is 11.8. The summed E-state index contributed by atoms with van der Waals surface area (Å²) in [4.78, 5) is 23.4. The van der Waals surface area contributed by atoms with Crippen molar-refractivity contribution in [3.05, 3.63) is 53.7 Å². The number of furan rings is 1. The number of nitrogens with one attached hydrogen (secondary N) is 2. The van der Waals surface area contributed by atoms with Crippen molar-refractivity contribution < 1.29 is 23.5 Å². The minimum Gasteiger partial charge on any atom is -0.467 e. The summed E-state index contributed by atoms with van der Waals surface area (Å²) in [6.07, 6.45) is 0.336. The van der Waals surface area contributed by atoms with E-state index in [1.54, 1.807) is 12.1 Å². The van der Waals surface area contributed by atoms with Crippen LogP contribution in [0.2, 0.25) is 0 Å². The number of carbonyl (C=O) groups excluding carboxylic acids is 2. The molecule has 2 rings (SSSR count). The van der Waals surface area contributed by atoms with Gasteiger partial charge >= 0.3 is 11.8 Å². The second kappa shape index (κ2) is 6.86. The third-order valence-corrected chi connectivity index (χ3v) is 3.05. The molecule has 1 unspecified atom stereocenters. The molecule has 1 heterocycles. The van der Waals surface area contributed by atoms with Gasteiger partial charge in [-0.15, -0.1) is 0 Å². The van der Waals surface area contributed by atoms with Gasteiger partial charge in [-0.3, -0.25) is 9.59 Å². The molecule has 22 heavy (non-hydrogen) atoms. The van der Waals surface area contributed by atoms with Gasteiger partial charge < -0.3 is 20.2 Å². The van der Waals surface area contributed by atoms with Crippen molar-refractivity contribution in [2.24, 2.45) is 0 Å². The Bertz CT molecular complexity index is 670. The Hall–Kier alpha value is -2.67. The van der Waals surface area contributed by atoms with Gasteiger partial charge in [-0.1, -0.05) is 6.07 Å². The molecule has 0 fully saturated rings. The number of halogens is 1. The van der Waals surface area contributed by atoms with E-state index >= 15 is 0 Å². The van der Waals surface area contributed by atoms with E-state index in [1.807, 2.05) is 0 Å². The van der Waals surface area contributed by atoms with Crippen LogP contribution in [0.3, 0.4) is 0 Å². The molecule has 1 aromatic carbocycles. The van der Waals surface area contributed by atoms with Crippen LogP contribution in [0.15, 0.2) is 41.0 Å². The second-order valence-corrected chi connectivity index (χ2v) is 4.61. The van der Waals surface area contributed by atoms with Crippen LogP contribution in [0.1, 0.15) is 17.4 Å². The lowest BCUT2D eigenvalue weighted by Gasteiger charge is -2.11. The zero-order valence-corrected chi connectivity index (χ0v) is 11.8. The molecular formula is C15H15FN2O4. The highest BCUT2D eigenvalue weighted by atomic mass is 19.1. The number of aliphatic hydroxyl groups is 1. The average Bonchev–Trinajstić information content (AvgIpc) is 3.03. The number of aliphatic hydroxyl groups excluding tert-OH is 1. The van der Waals surface area contributed by atoms with Crippen LogP contribution in [-0.4, -0.2) is 23.5 Å². The third kappa shape index (κ3) is 3.70. The van der Waals surface area contributed by atoms with Crippen molar-refractivity contribution in [3.63, 3.8) is 0 Å². The third-order valence-electron chi connectivity index (χ3n) is 3.05. The van der Waals surface area contributed by atoms with Crippen molar-refractivity contribution in [2.75, 3.05) is 11.9 Å². The SMILES string of the molecule is Cc1c(F)cccc1NC(=O)C(=O)NCC(O)c1ccco1. The monoisotopic (exact) mass is 306 g/mol. The highest BCUT2D eigenvalue weighted by Crippen LogP contribution is 2.17. The molecule has 0 aliphatic carbocycles. The maximum absolute atomic E-state index is 13.3. The fraction of sp³-hybridized carbons (Fsp3) is 0.200. The van der Waals surface area contributed by atoms with Crippen LogP contribution in [0.25, 0.3) is 0 Å².